The number of halogens is 2. The summed E-state index contributed by atoms with van der Waals surface area (Å²) < 4.78 is 24.8. The first-order chi connectivity index (χ1) is 4.70. The van der Waals surface area contributed by atoms with Crippen LogP contribution in [-0.2, 0) is 0 Å². The van der Waals surface area contributed by atoms with Crippen LogP contribution in [0, 0.1) is 5.82 Å². The molecule has 1 rings (SSSR count). The molecule has 0 N–H and O–H groups in total. The summed E-state index contributed by atoms with van der Waals surface area (Å²) in [5.74, 6) is -0.307. The van der Waals surface area contributed by atoms with Gasteiger partial charge in [0.05, 0.1) is 0 Å². The predicted molar refractivity (Wildman–Crippen MR) is 40.2 cm³/mol. The summed E-state index contributed by atoms with van der Waals surface area (Å²) in [7, 11) is -2.22. The lowest BCUT2D eigenvalue weighted by Gasteiger charge is -1.97. The van der Waals surface area contributed by atoms with E-state index < -0.39 is 9.13 Å². The SMILES string of the molecule is C[SiH](F)c1ccc(F)cc1. The summed E-state index contributed by atoms with van der Waals surface area (Å²) in [5.41, 5.74) is 0. The maximum atomic E-state index is 12.6. The van der Waals surface area contributed by atoms with Gasteiger partial charge in [0.2, 0.25) is 0 Å². The Hall–Kier alpha value is -0.703. The zero-order valence-electron chi connectivity index (χ0n) is 5.64. The Morgan fingerprint density at radius 2 is 1.70 bits per heavy atom. The third-order valence-corrected chi connectivity index (χ3v) is 2.63. The van der Waals surface area contributed by atoms with Crippen LogP contribution in [0.1, 0.15) is 0 Å². The first-order valence-electron chi connectivity index (χ1n) is 3.09. The topological polar surface area (TPSA) is 0 Å². The van der Waals surface area contributed by atoms with Gasteiger partial charge < -0.3 is 4.11 Å². The molecule has 0 aliphatic heterocycles. The van der Waals surface area contributed by atoms with Crippen molar-refractivity contribution in [3.8, 4) is 0 Å². The van der Waals surface area contributed by atoms with Crippen LogP contribution in [0.3, 0.4) is 0 Å². The molecule has 0 spiro atoms. The molecule has 0 aromatic heterocycles. The zero-order chi connectivity index (χ0) is 7.56. The fraction of sp³-hybridized carbons (Fsp3) is 0.143. The first kappa shape index (κ1) is 7.40. The van der Waals surface area contributed by atoms with Crippen molar-refractivity contribution in [3.63, 3.8) is 0 Å². The molecule has 10 heavy (non-hydrogen) atoms. The maximum absolute atomic E-state index is 12.6. The van der Waals surface area contributed by atoms with E-state index in [-0.39, 0.29) is 5.82 Å². The highest BCUT2D eigenvalue weighted by molar-refractivity contribution is 6.65. The highest BCUT2D eigenvalue weighted by Crippen LogP contribution is 1.94. The van der Waals surface area contributed by atoms with Gasteiger partial charge in [0.1, 0.15) is 5.82 Å². The quantitative estimate of drug-likeness (QED) is 0.427. The summed E-state index contributed by atoms with van der Waals surface area (Å²) in [6.45, 7) is 1.56. The summed E-state index contributed by atoms with van der Waals surface area (Å²) in [6.07, 6.45) is 0. The highest BCUT2D eigenvalue weighted by Gasteiger charge is 2.03. The van der Waals surface area contributed by atoms with Crippen molar-refractivity contribution in [2.24, 2.45) is 0 Å². The number of benzene rings is 1. The summed E-state index contributed by atoms with van der Waals surface area (Å²) in [6, 6.07) is 5.59. The van der Waals surface area contributed by atoms with E-state index in [1.54, 1.807) is 6.55 Å². The van der Waals surface area contributed by atoms with Crippen molar-refractivity contribution in [2.75, 3.05) is 0 Å². The first-order valence-corrected chi connectivity index (χ1v) is 5.26. The molecule has 1 aromatic rings. The van der Waals surface area contributed by atoms with Gasteiger partial charge in [-0.2, -0.15) is 0 Å². The standard InChI is InChI=1S/C7H8F2Si/c1-10(9)7-4-2-6(8)3-5-7/h2-5,10H,1H3. The molecule has 0 heterocycles. The largest absolute Gasteiger partial charge is 0.313 e. The second-order valence-corrected chi connectivity index (χ2v) is 4.07. The smallest absolute Gasteiger partial charge is 0.259 e. The molecule has 0 aliphatic rings. The van der Waals surface area contributed by atoms with Crippen molar-refractivity contribution in [2.45, 2.75) is 6.55 Å². The van der Waals surface area contributed by atoms with E-state index >= 15 is 0 Å². The van der Waals surface area contributed by atoms with Gasteiger partial charge in [-0.05, 0) is 23.9 Å². The second kappa shape index (κ2) is 2.92. The van der Waals surface area contributed by atoms with E-state index in [2.05, 4.69) is 0 Å². The molecule has 1 unspecified atom stereocenters. The molecule has 0 amide bonds. The number of hydrogen-bond donors (Lipinski definition) is 0. The van der Waals surface area contributed by atoms with Gasteiger partial charge in [-0.3, -0.25) is 0 Å². The normalized spacial score (nSPS) is 13.1. The van der Waals surface area contributed by atoms with E-state index in [1.807, 2.05) is 0 Å². The van der Waals surface area contributed by atoms with Crippen LogP contribution in [0.4, 0.5) is 8.50 Å². The summed E-state index contributed by atoms with van der Waals surface area (Å²) >= 11 is 0. The van der Waals surface area contributed by atoms with Gasteiger partial charge in [-0.15, -0.1) is 0 Å². The maximum Gasteiger partial charge on any atom is 0.259 e. The van der Waals surface area contributed by atoms with Gasteiger partial charge >= 0.3 is 0 Å². The van der Waals surface area contributed by atoms with Crippen molar-refractivity contribution in [3.05, 3.63) is 30.1 Å². The van der Waals surface area contributed by atoms with Crippen LogP contribution in [0.25, 0.3) is 0 Å². The van der Waals surface area contributed by atoms with Gasteiger partial charge in [0.15, 0.2) is 0 Å². The minimum atomic E-state index is -2.22. The molecule has 0 saturated heterocycles. The average Bonchev–Trinajstić information content (AvgIpc) is 1.88. The molecule has 0 fully saturated rings. The Morgan fingerprint density at radius 3 is 2.10 bits per heavy atom. The molecule has 0 radical (unpaired) electrons. The van der Waals surface area contributed by atoms with Gasteiger partial charge in [0, 0.05) is 0 Å². The Bertz CT molecular complexity index is 205. The van der Waals surface area contributed by atoms with E-state index in [0.29, 0.717) is 5.19 Å². The molecule has 0 bridgehead atoms. The predicted octanol–water partition coefficient (Wildman–Crippen LogP) is 1.36. The molecular formula is C7H8F2Si. The van der Waals surface area contributed by atoms with E-state index in [4.69, 9.17) is 0 Å². The number of rotatable bonds is 1. The van der Waals surface area contributed by atoms with Crippen LogP contribution < -0.4 is 5.19 Å². The molecular weight excluding hydrogens is 150 g/mol. The van der Waals surface area contributed by atoms with E-state index in [0.717, 1.165) is 0 Å². The molecule has 0 saturated carbocycles. The third kappa shape index (κ3) is 1.64. The van der Waals surface area contributed by atoms with Crippen molar-refractivity contribution in [1.82, 2.24) is 0 Å². The van der Waals surface area contributed by atoms with Crippen LogP contribution in [-0.4, -0.2) is 9.13 Å². The Kier molecular flexibility index (Phi) is 2.16. The lowest BCUT2D eigenvalue weighted by atomic mass is 10.3. The molecule has 0 aliphatic carbocycles. The van der Waals surface area contributed by atoms with Gasteiger partial charge in [-0.1, -0.05) is 12.1 Å². The van der Waals surface area contributed by atoms with Crippen LogP contribution in [0.5, 0.6) is 0 Å². The van der Waals surface area contributed by atoms with Crippen molar-refractivity contribution >= 4 is 14.3 Å². The molecule has 3 heteroatoms. The average molecular weight is 158 g/mol. The molecule has 0 nitrogen and oxygen atoms in total. The minimum absolute atomic E-state index is 0.307. The summed E-state index contributed by atoms with van der Waals surface area (Å²) in [4.78, 5) is 0. The van der Waals surface area contributed by atoms with E-state index in [1.165, 1.54) is 24.3 Å². The van der Waals surface area contributed by atoms with Gasteiger partial charge in [-0.25, -0.2) is 4.39 Å². The van der Waals surface area contributed by atoms with Crippen molar-refractivity contribution < 1.29 is 8.50 Å². The minimum Gasteiger partial charge on any atom is -0.313 e. The fourth-order valence-electron chi connectivity index (χ4n) is 0.728. The van der Waals surface area contributed by atoms with Crippen molar-refractivity contribution in [1.29, 1.82) is 0 Å². The molecule has 1 aromatic carbocycles. The highest BCUT2D eigenvalue weighted by atomic mass is 28.3. The second-order valence-electron chi connectivity index (χ2n) is 2.17. The van der Waals surface area contributed by atoms with Crippen LogP contribution in [0.15, 0.2) is 24.3 Å². The van der Waals surface area contributed by atoms with Gasteiger partial charge in [0.25, 0.3) is 9.13 Å². The van der Waals surface area contributed by atoms with Crippen LogP contribution >= 0.6 is 0 Å². The zero-order valence-corrected chi connectivity index (χ0v) is 6.80. The fourth-order valence-corrected chi connectivity index (χ4v) is 1.45. The molecule has 54 valence electrons. The number of hydrogen-bond acceptors (Lipinski definition) is 0. The van der Waals surface area contributed by atoms with Crippen LogP contribution in [0.2, 0.25) is 6.55 Å². The Balaban J connectivity index is 2.89. The lowest BCUT2D eigenvalue weighted by Crippen LogP contribution is -2.20. The lowest BCUT2D eigenvalue weighted by molar-refractivity contribution is 0.628. The third-order valence-electron chi connectivity index (χ3n) is 1.33. The molecule has 1 atom stereocenters. The Labute approximate surface area is 60.3 Å². The monoisotopic (exact) mass is 158 g/mol. The summed E-state index contributed by atoms with van der Waals surface area (Å²) in [5, 5.41) is 0.654. The Morgan fingerprint density at radius 1 is 1.20 bits per heavy atom. The van der Waals surface area contributed by atoms with E-state index in [9.17, 15) is 8.50 Å².